The fourth-order valence-electron chi connectivity index (χ4n) is 1.39. The summed E-state index contributed by atoms with van der Waals surface area (Å²) in [7, 11) is 0. The molecule has 12 heavy (non-hydrogen) atoms. The van der Waals surface area contributed by atoms with Gasteiger partial charge in [-0.3, -0.25) is 0 Å². The van der Waals surface area contributed by atoms with Crippen molar-refractivity contribution >= 4 is 0 Å². The molecule has 2 unspecified atom stereocenters. The van der Waals surface area contributed by atoms with E-state index in [1.54, 1.807) is 0 Å². The van der Waals surface area contributed by atoms with Gasteiger partial charge in [-0.1, -0.05) is 6.92 Å². The molecule has 1 aliphatic carbocycles. The molecule has 2 atom stereocenters. The van der Waals surface area contributed by atoms with Gasteiger partial charge in [-0.25, -0.2) is 13.2 Å². The van der Waals surface area contributed by atoms with Gasteiger partial charge in [-0.2, -0.15) is 13.2 Å². The molecule has 0 amide bonds. The standard InChI is InChI=1S/C6H6F6/c1-3-2-4(7,8)5(3,9)6(10,11)12/h3H,2H2,1H3. The molecule has 0 aromatic rings. The fourth-order valence-corrected chi connectivity index (χ4v) is 1.39. The van der Waals surface area contributed by atoms with Gasteiger partial charge in [0.15, 0.2) is 0 Å². The molecule has 0 bridgehead atoms. The highest BCUT2D eigenvalue weighted by Crippen LogP contribution is 2.61. The van der Waals surface area contributed by atoms with Crippen LogP contribution in [0.15, 0.2) is 0 Å². The van der Waals surface area contributed by atoms with Gasteiger partial charge in [0.25, 0.3) is 11.6 Å². The van der Waals surface area contributed by atoms with Crippen LogP contribution >= 0.6 is 0 Å². The summed E-state index contributed by atoms with van der Waals surface area (Å²) in [6.45, 7) is 0.824. The minimum absolute atomic E-state index is 0.824. The predicted molar refractivity (Wildman–Crippen MR) is 28.6 cm³/mol. The molecule has 1 aliphatic rings. The van der Waals surface area contributed by atoms with E-state index in [0.29, 0.717) is 0 Å². The van der Waals surface area contributed by atoms with Gasteiger partial charge < -0.3 is 0 Å². The third-order valence-corrected chi connectivity index (χ3v) is 2.19. The molecule has 72 valence electrons. The van der Waals surface area contributed by atoms with Crippen LogP contribution in [0.1, 0.15) is 13.3 Å². The van der Waals surface area contributed by atoms with Crippen molar-refractivity contribution in [2.45, 2.75) is 31.1 Å². The number of halogens is 6. The van der Waals surface area contributed by atoms with E-state index in [2.05, 4.69) is 0 Å². The van der Waals surface area contributed by atoms with Crippen LogP contribution < -0.4 is 0 Å². The van der Waals surface area contributed by atoms with Crippen LogP contribution in [0.4, 0.5) is 26.3 Å². The van der Waals surface area contributed by atoms with Crippen molar-refractivity contribution in [3.05, 3.63) is 0 Å². The minimum atomic E-state index is -5.48. The molecule has 0 aromatic carbocycles. The second kappa shape index (κ2) is 2.09. The minimum Gasteiger partial charge on any atom is -0.227 e. The maximum absolute atomic E-state index is 12.7. The van der Waals surface area contributed by atoms with E-state index in [-0.39, 0.29) is 0 Å². The zero-order valence-corrected chi connectivity index (χ0v) is 6.05. The monoisotopic (exact) mass is 192 g/mol. The first-order valence-electron chi connectivity index (χ1n) is 3.26. The Labute approximate surface area is 64.6 Å². The van der Waals surface area contributed by atoms with Crippen molar-refractivity contribution < 1.29 is 26.3 Å². The number of hydrogen-bond acceptors (Lipinski definition) is 0. The summed E-state index contributed by atoms with van der Waals surface area (Å²) < 4.78 is 72.5. The molecule has 1 fully saturated rings. The quantitative estimate of drug-likeness (QED) is 0.517. The average Bonchev–Trinajstić information content (AvgIpc) is 1.83. The summed E-state index contributed by atoms with van der Waals surface area (Å²) in [5.41, 5.74) is -4.32. The zero-order valence-electron chi connectivity index (χ0n) is 6.05. The Bertz CT molecular complexity index is 183. The maximum Gasteiger partial charge on any atom is 0.428 e. The average molecular weight is 192 g/mol. The van der Waals surface area contributed by atoms with Crippen molar-refractivity contribution in [1.29, 1.82) is 0 Å². The van der Waals surface area contributed by atoms with Crippen LogP contribution in [0.3, 0.4) is 0 Å². The predicted octanol–water partition coefficient (Wildman–Crippen LogP) is 2.93. The van der Waals surface area contributed by atoms with Crippen LogP contribution in [0.2, 0.25) is 0 Å². The summed E-state index contributed by atoms with van der Waals surface area (Å²) >= 11 is 0. The zero-order chi connectivity index (χ0) is 9.78. The van der Waals surface area contributed by atoms with Crippen LogP contribution in [0.25, 0.3) is 0 Å². The summed E-state index contributed by atoms with van der Waals surface area (Å²) in [6.07, 6.45) is -6.52. The smallest absolute Gasteiger partial charge is 0.227 e. The largest absolute Gasteiger partial charge is 0.428 e. The van der Waals surface area contributed by atoms with E-state index < -0.39 is 30.1 Å². The van der Waals surface area contributed by atoms with E-state index in [9.17, 15) is 26.3 Å². The molecule has 1 saturated carbocycles. The van der Waals surface area contributed by atoms with Crippen molar-refractivity contribution in [2.24, 2.45) is 5.92 Å². The molecular formula is C6H6F6. The number of rotatable bonds is 0. The van der Waals surface area contributed by atoms with Crippen LogP contribution in [-0.2, 0) is 0 Å². The highest BCUT2D eigenvalue weighted by Gasteiger charge is 2.80. The first kappa shape index (κ1) is 9.67. The highest BCUT2D eigenvalue weighted by molar-refractivity contribution is 5.12. The molecule has 0 saturated heterocycles. The van der Waals surface area contributed by atoms with Crippen molar-refractivity contribution in [2.75, 3.05) is 0 Å². The Balaban J connectivity index is 2.97. The molecule has 0 heterocycles. The maximum atomic E-state index is 12.7. The molecule has 0 spiro atoms. The van der Waals surface area contributed by atoms with Gasteiger partial charge in [0.2, 0.25) is 0 Å². The first-order valence-corrected chi connectivity index (χ1v) is 3.26. The van der Waals surface area contributed by atoms with Crippen LogP contribution in [-0.4, -0.2) is 17.8 Å². The number of hydrogen-bond donors (Lipinski definition) is 0. The van der Waals surface area contributed by atoms with Crippen LogP contribution in [0.5, 0.6) is 0 Å². The lowest BCUT2D eigenvalue weighted by atomic mass is 9.68. The second-order valence-electron chi connectivity index (χ2n) is 3.02. The molecule has 0 radical (unpaired) electrons. The first-order chi connectivity index (χ1) is 5.13. The SMILES string of the molecule is CC1CC(F)(F)C1(F)C(F)(F)F. The van der Waals surface area contributed by atoms with E-state index >= 15 is 0 Å². The summed E-state index contributed by atoms with van der Waals surface area (Å²) in [4.78, 5) is 0. The summed E-state index contributed by atoms with van der Waals surface area (Å²) in [6, 6.07) is 0. The molecule has 1 rings (SSSR count). The molecule has 0 aliphatic heterocycles. The second-order valence-corrected chi connectivity index (χ2v) is 3.02. The molecule has 0 aromatic heterocycles. The topological polar surface area (TPSA) is 0 Å². The van der Waals surface area contributed by atoms with Gasteiger partial charge in [0, 0.05) is 12.3 Å². The Kier molecular flexibility index (Phi) is 1.68. The fraction of sp³-hybridized carbons (Fsp3) is 1.00. The third kappa shape index (κ3) is 0.863. The summed E-state index contributed by atoms with van der Waals surface area (Å²) in [5, 5.41) is 0. The molecule has 0 N–H and O–H groups in total. The molecule has 0 nitrogen and oxygen atoms in total. The lowest BCUT2D eigenvalue weighted by Crippen LogP contribution is -2.68. The van der Waals surface area contributed by atoms with Crippen molar-refractivity contribution in [3.63, 3.8) is 0 Å². The Morgan fingerprint density at radius 3 is 1.67 bits per heavy atom. The van der Waals surface area contributed by atoms with Gasteiger partial charge >= 0.3 is 6.18 Å². The Hall–Kier alpha value is -0.420. The Morgan fingerprint density at radius 2 is 1.58 bits per heavy atom. The van der Waals surface area contributed by atoms with E-state index in [1.165, 1.54) is 0 Å². The van der Waals surface area contributed by atoms with Gasteiger partial charge in [-0.15, -0.1) is 0 Å². The van der Waals surface area contributed by atoms with Gasteiger partial charge in [-0.05, 0) is 0 Å². The highest BCUT2D eigenvalue weighted by atomic mass is 19.4. The lowest BCUT2D eigenvalue weighted by molar-refractivity contribution is -0.367. The summed E-state index contributed by atoms with van der Waals surface area (Å²) in [5.74, 6) is -5.92. The molecular weight excluding hydrogens is 186 g/mol. The van der Waals surface area contributed by atoms with E-state index in [4.69, 9.17) is 0 Å². The van der Waals surface area contributed by atoms with Gasteiger partial charge in [0.05, 0.1) is 0 Å². The lowest BCUT2D eigenvalue weighted by Gasteiger charge is -2.48. The van der Waals surface area contributed by atoms with Crippen molar-refractivity contribution in [1.82, 2.24) is 0 Å². The van der Waals surface area contributed by atoms with Gasteiger partial charge in [0.1, 0.15) is 0 Å². The van der Waals surface area contributed by atoms with E-state index in [0.717, 1.165) is 6.92 Å². The molecule has 6 heteroatoms. The van der Waals surface area contributed by atoms with Crippen LogP contribution in [0, 0.1) is 5.92 Å². The van der Waals surface area contributed by atoms with E-state index in [1.807, 2.05) is 0 Å². The third-order valence-electron chi connectivity index (χ3n) is 2.19. The van der Waals surface area contributed by atoms with Crippen molar-refractivity contribution in [3.8, 4) is 0 Å². The Morgan fingerprint density at radius 1 is 1.17 bits per heavy atom. The number of alkyl halides is 6. The normalized spacial score (nSPS) is 40.8.